The van der Waals surface area contributed by atoms with Crippen LogP contribution in [0.3, 0.4) is 0 Å². The highest BCUT2D eigenvalue weighted by Gasteiger charge is 2.34. The van der Waals surface area contributed by atoms with Gasteiger partial charge < -0.3 is 15.0 Å². The minimum atomic E-state index is -2.91. The van der Waals surface area contributed by atoms with Crippen LogP contribution in [0.2, 0.25) is 0 Å². The van der Waals surface area contributed by atoms with Crippen LogP contribution in [0.1, 0.15) is 24.8 Å². The van der Waals surface area contributed by atoms with E-state index < -0.39 is 12.3 Å². The zero-order valence-electron chi connectivity index (χ0n) is 15.0. The number of alkyl halides is 3. The monoisotopic (exact) mass is 378 g/mol. The smallest absolute Gasteiger partial charge is 0.387 e. The number of hydrogen-bond acceptors (Lipinski definition) is 5. The van der Waals surface area contributed by atoms with Crippen molar-refractivity contribution in [3.05, 3.63) is 36.2 Å². The van der Waals surface area contributed by atoms with Gasteiger partial charge >= 0.3 is 6.61 Å². The van der Waals surface area contributed by atoms with Crippen molar-refractivity contribution in [2.75, 3.05) is 31.1 Å². The molecule has 144 valence electrons. The van der Waals surface area contributed by atoms with E-state index in [0.29, 0.717) is 42.5 Å². The van der Waals surface area contributed by atoms with Gasteiger partial charge in [-0.3, -0.25) is 4.98 Å². The molecule has 1 atom stereocenters. The highest BCUT2D eigenvalue weighted by Crippen LogP contribution is 2.33. The molecule has 0 amide bonds. The molecule has 1 unspecified atom stereocenters. The van der Waals surface area contributed by atoms with Crippen LogP contribution in [-0.2, 0) is 0 Å². The summed E-state index contributed by atoms with van der Waals surface area (Å²) >= 11 is 0. The average Bonchev–Trinajstić information content (AvgIpc) is 2.93. The minimum absolute atomic E-state index is 0.0148. The molecule has 8 heteroatoms. The van der Waals surface area contributed by atoms with Gasteiger partial charge in [0, 0.05) is 43.7 Å². The lowest BCUT2D eigenvalue weighted by molar-refractivity contribution is -0.0500. The van der Waals surface area contributed by atoms with Gasteiger partial charge in [0.15, 0.2) is 0 Å². The van der Waals surface area contributed by atoms with E-state index in [1.807, 2.05) is 17.0 Å². The summed E-state index contributed by atoms with van der Waals surface area (Å²) in [5.74, 6) is 1.05. The second-order valence-electron chi connectivity index (χ2n) is 7.37. The van der Waals surface area contributed by atoms with Gasteiger partial charge in [-0.1, -0.05) is 0 Å². The Balaban J connectivity index is 1.70. The van der Waals surface area contributed by atoms with Crippen LogP contribution in [0.4, 0.5) is 19.0 Å². The van der Waals surface area contributed by atoms with Crippen molar-refractivity contribution in [1.29, 1.82) is 0 Å². The van der Waals surface area contributed by atoms with E-state index in [1.165, 1.54) is 12.3 Å². The molecule has 1 N–H and O–H groups in total. The number of aromatic nitrogens is 2. The van der Waals surface area contributed by atoms with Crippen molar-refractivity contribution in [3.63, 3.8) is 0 Å². The highest BCUT2D eigenvalue weighted by molar-refractivity contribution is 5.64. The van der Waals surface area contributed by atoms with Crippen molar-refractivity contribution in [2.24, 2.45) is 0 Å². The molecule has 0 aromatic carbocycles. The first kappa shape index (κ1) is 18.0. The van der Waals surface area contributed by atoms with Crippen molar-refractivity contribution < 1.29 is 17.9 Å². The van der Waals surface area contributed by atoms with E-state index in [-0.39, 0.29) is 5.75 Å². The molecule has 27 heavy (non-hydrogen) atoms. The second kappa shape index (κ2) is 6.99. The van der Waals surface area contributed by atoms with Crippen molar-refractivity contribution >= 4 is 5.82 Å². The fourth-order valence-corrected chi connectivity index (χ4v) is 3.45. The van der Waals surface area contributed by atoms with E-state index >= 15 is 0 Å². The third-order valence-corrected chi connectivity index (χ3v) is 5.07. The Labute approximate surface area is 155 Å². The number of pyridine rings is 2. The molecular formula is C19H21F3N4O. The summed E-state index contributed by atoms with van der Waals surface area (Å²) in [5, 5.41) is 3.24. The predicted octanol–water partition coefficient (Wildman–Crippen LogP) is 3.37. The number of ether oxygens (including phenoxy) is 1. The molecule has 0 aliphatic carbocycles. The molecule has 2 fully saturated rings. The lowest BCUT2D eigenvalue weighted by Gasteiger charge is -2.29. The van der Waals surface area contributed by atoms with Gasteiger partial charge in [-0.05, 0) is 30.7 Å². The zero-order chi connectivity index (χ0) is 19.0. The van der Waals surface area contributed by atoms with E-state index in [1.54, 1.807) is 13.1 Å². The second-order valence-corrected chi connectivity index (χ2v) is 7.37. The Morgan fingerprint density at radius 2 is 2.07 bits per heavy atom. The molecular weight excluding hydrogens is 357 g/mol. The fourth-order valence-electron chi connectivity index (χ4n) is 3.45. The molecule has 2 aromatic rings. The topological polar surface area (TPSA) is 50.3 Å². The average molecular weight is 378 g/mol. The van der Waals surface area contributed by atoms with E-state index in [9.17, 15) is 13.2 Å². The summed E-state index contributed by atoms with van der Waals surface area (Å²) in [6, 6.07) is 5.45. The molecule has 4 rings (SSSR count). The van der Waals surface area contributed by atoms with E-state index in [0.717, 1.165) is 18.7 Å². The molecule has 0 spiro atoms. The van der Waals surface area contributed by atoms with Gasteiger partial charge in [0.25, 0.3) is 0 Å². The SMILES string of the molecule is CC1(F)CCN(c2cc(C3CNC3)cc(-c3cncc(OC(F)F)c3)n2)C1. The van der Waals surface area contributed by atoms with Gasteiger partial charge in [0.1, 0.15) is 17.2 Å². The minimum Gasteiger partial charge on any atom is -0.433 e. The predicted molar refractivity (Wildman–Crippen MR) is 96.1 cm³/mol. The van der Waals surface area contributed by atoms with Crippen molar-refractivity contribution in [3.8, 4) is 17.0 Å². The Kier molecular flexibility index (Phi) is 4.67. The summed E-state index contributed by atoms with van der Waals surface area (Å²) < 4.78 is 43.8. The van der Waals surface area contributed by atoms with E-state index in [2.05, 4.69) is 20.0 Å². The summed E-state index contributed by atoms with van der Waals surface area (Å²) in [5.41, 5.74) is 1.07. The molecule has 0 saturated carbocycles. The molecule has 2 aliphatic rings. The first-order valence-electron chi connectivity index (χ1n) is 8.96. The van der Waals surface area contributed by atoms with Gasteiger partial charge in [-0.15, -0.1) is 0 Å². The molecule has 5 nitrogen and oxygen atoms in total. The Hall–Kier alpha value is -2.35. The third-order valence-electron chi connectivity index (χ3n) is 5.07. The van der Waals surface area contributed by atoms with Crippen LogP contribution in [0.15, 0.2) is 30.6 Å². The number of hydrogen-bond donors (Lipinski definition) is 1. The summed E-state index contributed by atoms with van der Waals surface area (Å²) in [7, 11) is 0. The fraction of sp³-hybridized carbons (Fsp3) is 0.474. The first-order chi connectivity index (χ1) is 12.9. The molecule has 4 heterocycles. The Bertz CT molecular complexity index is 826. The van der Waals surface area contributed by atoms with Crippen LogP contribution in [-0.4, -0.2) is 48.4 Å². The largest absolute Gasteiger partial charge is 0.433 e. The van der Waals surface area contributed by atoms with Gasteiger partial charge in [-0.25, -0.2) is 9.37 Å². The number of rotatable bonds is 5. The van der Waals surface area contributed by atoms with E-state index in [4.69, 9.17) is 0 Å². The first-order valence-corrected chi connectivity index (χ1v) is 8.96. The Morgan fingerprint density at radius 3 is 2.70 bits per heavy atom. The van der Waals surface area contributed by atoms with Gasteiger partial charge in [0.05, 0.1) is 18.4 Å². The molecule has 0 radical (unpaired) electrons. The maximum Gasteiger partial charge on any atom is 0.387 e. The lowest BCUT2D eigenvalue weighted by atomic mass is 9.93. The molecule has 2 aliphatic heterocycles. The van der Waals surface area contributed by atoms with Gasteiger partial charge in [0.2, 0.25) is 0 Å². The standard InChI is InChI=1S/C19H21F3N4O/c1-19(22)2-3-26(11-19)17-6-12(14-8-23-9-14)5-16(25-17)13-4-15(10-24-7-13)27-18(20)21/h4-7,10,14,18,23H,2-3,8-9,11H2,1H3. The normalized spacial score (nSPS) is 22.9. The van der Waals surface area contributed by atoms with Crippen LogP contribution < -0.4 is 15.0 Å². The van der Waals surface area contributed by atoms with Crippen LogP contribution in [0.25, 0.3) is 11.3 Å². The molecule has 2 saturated heterocycles. The summed E-state index contributed by atoms with van der Waals surface area (Å²) in [6.45, 7) is 1.32. The maximum absolute atomic E-state index is 14.3. The van der Waals surface area contributed by atoms with Gasteiger partial charge in [-0.2, -0.15) is 8.78 Å². The van der Waals surface area contributed by atoms with Crippen LogP contribution in [0.5, 0.6) is 5.75 Å². The lowest BCUT2D eigenvalue weighted by Crippen LogP contribution is -2.40. The molecule has 0 bridgehead atoms. The van der Waals surface area contributed by atoms with Crippen molar-refractivity contribution in [2.45, 2.75) is 31.5 Å². The summed E-state index contributed by atoms with van der Waals surface area (Å²) in [6.07, 6.45) is 3.26. The highest BCUT2D eigenvalue weighted by atomic mass is 19.3. The molecule has 2 aromatic heterocycles. The quantitative estimate of drug-likeness (QED) is 0.865. The number of nitrogens with one attached hydrogen (secondary N) is 1. The van der Waals surface area contributed by atoms with Crippen molar-refractivity contribution in [1.82, 2.24) is 15.3 Å². The number of nitrogens with zero attached hydrogens (tertiary/aromatic N) is 3. The Morgan fingerprint density at radius 1 is 1.26 bits per heavy atom. The third kappa shape index (κ3) is 4.00. The van der Waals surface area contributed by atoms with Crippen LogP contribution in [0, 0.1) is 0 Å². The zero-order valence-corrected chi connectivity index (χ0v) is 15.0. The number of halogens is 3. The maximum atomic E-state index is 14.3. The van der Waals surface area contributed by atoms with Crippen LogP contribution >= 0.6 is 0 Å². The summed E-state index contributed by atoms with van der Waals surface area (Å²) in [4.78, 5) is 10.6. The number of anilines is 1.